The molecule has 2 atom stereocenters. The molecule has 1 aliphatic rings. The van der Waals surface area contributed by atoms with E-state index in [2.05, 4.69) is 10.3 Å². The van der Waals surface area contributed by atoms with E-state index in [4.69, 9.17) is 23.7 Å². The number of anilines is 1. The smallest absolute Gasteiger partial charge is 0.412 e. The summed E-state index contributed by atoms with van der Waals surface area (Å²) in [6, 6.07) is 8.86. The Balaban J connectivity index is 1.57. The minimum Gasteiger partial charge on any atom is -0.447 e. The van der Waals surface area contributed by atoms with Gasteiger partial charge in [0.15, 0.2) is 5.79 Å². The Morgan fingerprint density at radius 2 is 1.94 bits per heavy atom. The number of aromatic nitrogens is 1. The van der Waals surface area contributed by atoms with Crippen LogP contribution in [0, 0.1) is 0 Å². The molecule has 10 nitrogen and oxygen atoms in total. The summed E-state index contributed by atoms with van der Waals surface area (Å²) in [5.74, 6) is -0.290. The van der Waals surface area contributed by atoms with Gasteiger partial charge >= 0.3 is 12.2 Å². The average Bonchev–Trinajstić information content (AvgIpc) is 3.12. The van der Waals surface area contributed by atoms with Gasteiger partial charge in [-0.3, -0.25) is 5.32 Å². The molecular formula is C25H35N3O7. The van der Waals surface area contributed by atoms with Gasteiger partial charge in [-0.25, -0.2) is 14.6 Å². The molecule has 1 N–H and O–H groups in total. The summed E-state index contributed by atoms with van der Waals surface area (Å²) in [5, 5.41) is 4.52. The monoisotopic (exact) mass is 489 g/mol. The van der Waals surface area contributed by atoms with Crippen molar-refractivity contribution in [3.8, 4) is 0 Å². The third kappa shape index (κ3) is 8.34. The molecule has 0 radical (unpaired) electrons. The molecule has 1 aliphatic heterocycles. The van der Waals surface area contributed by atoms with E-state index < -0.39 is 29.6 Å². The first-order valence-corrected chi connectivity index (χ1v) is 11.6. The van der Waals surface area contributed by atoms with E-state index in [0.717, 1.165) is 10.8 Å². The second-order valence-electron chi connectivity index (χ2n) is 9.87. The molecular weight excluding hydrogens is 454 g/mol. The summed E-state index contributed by atoms with van der Waals surface area (Å²) < 4.78 is 27.9. The number of nitrogens with zero attached hydrogens (tertiary/aromatic N) is 2. The largest absolute Gasteiger partial charge is 0.447 e. The van der Waals surface area contributed by atoms with E-state index in [1.807, 2.05) is 38.1 Å². The maximum absolute atomic E-state index is 12.6. The van der Waals surface area contributed by atoms with Crippen molar-refractivity contribution in [2.24, 2.45) is 0 Å². The fraction of sp³-hybridized carbons (Fsp3) is 0.560. The topological polar surface area (TPSA) is 108 Å². The van der Waals surface area contributed by atoms with Gasteiger partial charge in [-0.1, -0.05) is 24.3 Å². The molecule has 0 saturated carbocycles. The molecule has 2 amide bonds. The van der Waals surface area contributed by atoms with Gasteiger partial charge in [-0.15, -0.1) is 0 Å². The second-order valence-corrected chi connectivity index (χ2v) is 9.87. The van der Waals surface area contributed by atoms with Crippen molar-refractivity contribution >= 4 is 28.8 Å². The summed E-state index contributed by atoms with van der Waals surface area (Å²) in [7, 11) is 1.58. The maximum atomic E-state index is 12.6. The van der Waals surface area contributed by atoms with Gasteiger partial charge in [0.2, 0.25) is 0 Å². The van der Waals surface area contributed by atoms with Gasteiger partial charge in [-0.05, 0) is 46.1 Å². The fourth-order valence-electron chi connectivity index (χ4n) is 3.40. The van der Waals surface area contributed by atoms with Crippen LogP contribution in [-0.2, 0) is 23.7 Å². The third-order valence-corrected chi connectivity index (χ3v) is 5.18. The number of hydrogen-bond donors (Lipinski definition) is 1. The minimum absolute atomic E-state index is 0.108. The number of hydrogen-bond acceptors (Lipinski definition) is 8. The average molecular weight is 490 g/mol. The fourth-order valence-corrected chi connectivity index (χ4v) is 3.40. The zero-order valence-corrected chi connectivity index (χ0v) is 21.2. The maximum Gasteiger partial charge on any atom is 0.412 e. The SMILES string of the molecule is CN(C(=O)OC(C)(C)C)[C@@H](COC[C@@H]1COC(C)(C)O1)COC(=O)Nc1cc2ccccc2cn1. The highest BCUT2D eigenvalue weighted by molar-refractivity contribution is 5.89. The Morgan fingerprint density at radius 3 is 2.60 bits per heavy atom. The Kier molecular flexibility index (Phi) is 8.52. The Hall–Kier alpha value is -2.95. The van der Waals surface area contributed by atoms with Gasteiger partial charge in [0.1, 0.15) is 24.1 Å². The van der Waals surface area contributed by atoms with Crippen molar-refractivity contribution in [2.45, 2.75) is 58.2 Å². The van der Waals surface area contributed by atoms with Crippen LogP contribution >= 0.6 is 0 Å². The number of ether oxygens (including phenoxy) is 5. The van der Waals surface area contributed by atoms with Crippen LogP contribution < -0.4 is 5.32 Å². The van der Waals surface area contributed by atoms with Crippen molar-refractivity contribution in [3.63, 3.8) is 0 Å². The van der Waals surface area contributed by atoms with Crippen molar-refractivity contribution in [1.82, 2.24) is 9.88 Å². The molecule has 1 saturated heterocycles. The normalized spacial score (nSPS) is 18.2. The summed E-state index contributed by atoms with van der Waals surface area (Å²) in [5.41, 5.74) is -0.669. The van der Waals surface area contributed by atoms with Crippen molar-refractivity contribution in [3.05, 3.63) is 36.5 Å². The zero-order valence-electron chi connectivity index (χ0n) is 21.2. The van der Waals surface area contributed by atoms with Gasteiger partial charge in [0.05, 0.1) is 25.9 Å². The van der Waals surface area contributed by atoms with Crippen LogP contribution in [0.4, 0.5) is 15.4 Å². The van der Waals surface area contributed by atoms with Crippen molar-refractivity contribution in [2.75, 3.05) is 38.8 Å². The van der Waals surface area contributed by atoms with Crippen LogP contribution in [0.5, 0.6) is 0 Å². The number of benzene rings is 1. The standard InChI is InChI=1S/C25H35N3O7/c1-24(2,3)35-23(30)28(6)19(13-31-15-20-16-33-25(4,5)34-20)14-32-22(29)27-21-11-17-9-7-8-10-18(17)12-26-21/h7-12,19-20H,13-16H2,1-6H3,(H,26,27,29)/t19-,20+/m0/s1. The highest BCUT2D eigenvalue weighted by Gasteiger charge is 2.33. The molecule has 2 heterocycles. The first kappa shape index (κ1) is 26.7. The molecule has 0 aliphatic carbocycles. The minimum atomic E-state index is -0.690. The van der Waals surface area contributed by atoms with Crippen LogP contribution in [0.1, 0.15) is 34.6 Å². The lowest BCUT2D eigenvalue weighted by Gasteiger charge is -2.30. The summed E-state index contributed by atoms with van der Waals surface area (Å²) in [6.07, 6.45) is 0.215. The lowest BCUT2D eigenvalue weighted by molar-refractivity contribution is -0.145. The number of nitrogens with one attached hydrogen (secondary N) is 1. The summed E-state index contributed by atoms with van der Waals surface area (Å²) in [6.45, 7) is 9.70. The van der Waals surface area contributed by atoms with Crippen LogP contribution in [-0.4, -0.2) is 79.1 Å². The number of rotatable bonds is 8. The number of carbonyl (C=O) groups is 2. The number of pyridine rings is 1. The molecule has 192 valence electrons. The highest BCUT2D eigenvalue weighted by Crippen LogP contribution is 2.22. The Labute approximate surface area is 205 Å². The Morgan fingerprint density at radius 1 is 1.23 bits per heavy atom. The first-order chi connectivity index (χ1) is 16.4. The van der Waals surface area contributed by atoms with E-state index >= 15 is 0 Å². The molecule has 1 aromatic heterocycles. The lowest BCUT2D eigenvalue weighted by Crippen LogP contribution is -2.46. The summed E-state index contributed by atoms with van der Waals surface area (Å²) >= 11 is 0. The van der Waals surface area contributed by atoms with E-state index in [1.54, 1.807) is 40.1 Å². The molecule has 0 unspecified atom stereocenters. The number of carbonyl (C=O) groups excluding carboxylic acids is 2. The summed E-state index contributed by atoms with van der Waals surface area (Å²) in [4.78, 5) is 30.6. The number of amides is 2. The highest BCUT2D eigenvalue weighted by atomic mass is 16.7. The van der Waals surface area contributed by atoms with Crippen molar-refractivity contribution in [1.29, 1.82) is 0 Å². The third-order valence-electron chi connectivity index (χ3n) is 5.18. The molecule has 10 heteroatoms. The Bertz CT molecular complexity index is 1020. The van der Waals surface area contributed by atoms with Gasteiger partial charge < -0.3 is 28.6 Å². The van der Waals surface area contributed by atoms with Crippen LogP contribution in [0.2, 0.25) is 0 Å². The van der Waals surface area contributed by atoms with Gasteiger partial charge in [-0.2, -0.15) is 0 Å². The second kappa shape index (κ2) is 11.2. The number of fused-ring (bicyclic) bond motifs is 1. The molecule has 0 bridgehead atoms. The van der Waals surface area contributed by atoms with E-state index in [0.29, 0.717) is 12.4 Å². The molecule has 3 rings (SSSR count). The quantitative estimate of drug-likeness (QED) is 0.588. The van der Waals surface area contributed by atoms with Crippen molar-refractivity contribution < 1.29 is 33.3 Å². The zero-order chi connectivity index (χ0) is 25.6. The number of likely N-dealkylation sites (N-methyl/N-ethyl adjacent to an activating group) is 1. The molecule has 1 aromatic carbocycles. The van der Waals surface area contributed by atoms with E-state index in [-0.39, 0.29) is 25.9 Å². The van der Waals surface area contributed by atoms with Crippen LogP contribution in [0.3, 0.4) is 0 Å². The lowest BCUT2D eigenvalue weighted by atomic mass is 10.2. The van der Waals surface area contributed by atoms with Gasteiger partial charge in [0, 0.05) is 18.6 Å². The molecule has 2 aromatic rings. The predicted molar refractivity (Wildman–Crippen MR) is 130 cm³/mol. The molecule has 1 fully saturated rings. The molecule has 35 heavy (non-hydrogen) atoms. The first-order valence-electron chi connectivity index (χ1n) is 11.6. The molecule has 0 spiro atoms. The predicted octanol–water partition coefficient (Wildman–Crippen LogP) is 4.19. The van der Waals surface area contributed by atoms with Gasteiger partial charge in [0.25, 0.3) is 0 Å². The van der Waals surface area contributed by atoms with E-state index in [9.17, 15) is 9.59 Å². The van der Waals surface area contributed by atoms with E-state index in [1.165, 1.54) is 4.90 Å². The van der Waals surface area contributed by atoms with Crippen LogP contribution in [0.25, 0.3) is 10.8 Å². The van der Waals surface area contributed by atoms with Crippen LogP contribution in [0.15, 0.2) is 36.5 Å².